The molecule has 92 valence electrons. The minimum Gasteiger partial charge on any atom is -0.306 e. The van der Waals surface area contributed by atoms with Crippen molar-refractivity contribution in [1.29, 1.82) is 0 Å². The van der Waals surface area contributed by atoms with Crippen molar-refractivity contribution < 1.29 is 9.18 Å². The fourth-order valence-corrected chi connectivity index (χ4v) is 1.91. The summed E-state index contributed by atoms with van der Waals surface area (Å²) in [4.78, 5) is 14.0. The number of halogens is 1. The van der Waals surface area contributed by atoms with Gasteiger partial charge in [0.2, 0.25) is 0 Å². The summed E-state index contributed by atoms with van der Waals surface area (Å²) < 4.78 is 12.7. The normalized spacial score (nSPS) is 15.2. The van der Waals surface area contributed by atoms with E-state index in [1.165, 1.54) is 25.0 Å². The summed E-state index contributed by atoms with van der Waals surface area (Å²) in [5.74, 6) is 0.640. The number of nitrogens with zero attached hydrogens (tertiary/aromatic N) is 1. The van der Waals surface area contributed by atoms with Crippen molar-refractivity contribution in [2.24, 2.45) is 5.92 Å². The predicted molar refractivity (Wildman–Crippen MR) is 65.6 cm³/mol. The average molecular weight is 235 g/mol. The van der Waals surface area contributed by atoms with Crippen molar-refractivity contribution in [3.05, 3.63) is 35.6 Å². The smallest absolute Gasteiger partial charge is 0.164 e. The summed E-state index contributed by atoms with van der Waals surface area (Å²) in [6.45, 7) is 1.88. The van der Waals surface area contributed by atoms with E-state index in [0.717, 1.165) is 19.0 Å². The average Bonchev–Trinajstić information content (AvgIpc) is 3.11. The second kappa shape index (κ2) is 5.41. The van der Waals surface area contributed by atoms with Crippen LogP contribution < -0.4 is 0 Å². The maximum Gasteiger partial charge on any atom is 0.164 e. The summed E-state index contributed by atoms with van der Waals surface area (Å²) in [6, 6.07) is 5.78. The summed E-state index contributed by atoms with van der Waals surface area (Å²) in [6.07, 6.45) is 3.17. The van der Waals surface area contributed by atoms with Gasteiger partial charge in [0.15, 0.2) is 5.78 Å². The molecule has 0 radical (unpaired) electrons. The molecule has 0 saturated heterocycles. The van der Waals surface area contributed by atoms with Gasteiger partial charge in [0, 0.05) is 25.1 Å². The first-order chi connectivity index (χ1) is 8.15. The lowest BCUT2D eigenvalue weighted by Gasteiger charge is -2.15. The maximum absolute atomic E-state index is 12.7. The van der Waals surface area contributed by atoms with Gasteiger partial charge in [-0.25, -0.2) is 4.39 Å². The van der Waals surface area contributed by atoms with Gasteiger partial charge in [-0.1, -0.05) is 0 Å². The van der Waals surface area contributed by atoms with Crippen LogP contribution in [0.15, 0.2) is 24.3 Å². The highest BCUT2D eigenvalue weighted by Crippen LogP contribution is 2.29. The standard InChI is InChI=1S/C14H18FNO/c1-16(10-11-2-3-11)9-8-14(17)12-4-6-13(15)7-5-12/h4-7,11H,2-3,8-10H2,1H3. The third kappa shape index (κ3) is 3.93. The second-order valence-corrected chi connectivity index (χ2v) is 4.89. The monoisotopic (exact) mass is 235 g/mol. The Morgan fingerprint density at radius 1 is 1.35 bits per heavy atom. The van der Waals surface area contributed by atoms with Crippen molar-refractivity contribution in [1.82, 2.24) is 4.90 Å². The third-order valence-corrected chi connectivity index (χ3v) is 3.15. The van der Waals surface area contributed by atoms with E-state index in [1.54, 1.807) is 12.1 Å². The van der Waals surface area contributed by atoms with E-state index in [2.05, 4.69) is 11.9 Å². The van der Waals surface area contributed by atoms with Crippen LogP contribution in [0.1, 0.15) is 29.6 Å². The molecule has 3 heteroatoms. The molecule has 0 N–H and O–H groups in total. The highest BCUT2D eigenvalue weighted by molar-refractivity contribution is 5.96. The number of Topliss-reactive ketones (excluding diaryl/α,β-unsaturated/α-hetero) is 1. The first-order valence-corrected chi connectivity index (χ1v) is 6.12. The van der Waals surface area contributed by atoms with E-state index >= 15 is 0 Å². The molecule has 0 amide bonds. The Morgan fingerprint density at radius 2 is 2.00 bits per heavy atom. The molecular weight excluding hydrogens is 217 g/mol. The van der Waals surface area contributed by atoms with Crippen LogP contribution in [0, 0.1) is 11.7 Å². The van der Waals surface area contributed by atoms with Gasteiger partial charge >= 0.3 is 0 Å². The molecule has 2 nitrogen and oxygen atoms in total. The van der Waals surface area contributed by atoms with E-state index in [9.17, 15) is 9.18 Å². The summed E-state index contributed by atoms with van der Waals surface area (Å²) >= 11 is 0. The molecule has 17 heavy (non-hydrogen) atoms. The SMILES string of the molecule is CN(CCC(=O)c1ccc(F)cc1)CC1CC1. The highest BCUT2D eigenvalue weighted by atomic mass is 19.1. The van der Waals surface area contributed by atoms with Gasteiger partial charge in [-0.3, -0.25) is 4.79 Å². The van der Waals surface area contributed by atoms with E-state index in [-0.39, 0.29) is 11.6 Å². The number of carbonyl (C=O) groups is 1. The molecule has 1 aromatic carbocycles. The van der Waals surface area contributed by atoms with Crippen LogP contribution in [-0.2, 0) is 0 Å². The number of hydrogen-bond acceptors (Lipinski definition) is 2. The van der Waals surface area contributed by atoms with Crippen molar-refractivity contribution in [3.8, 4) is 0 Å². The van der Waals surface area contributed by atoms with E-state index in [1.807, 2.05) is 0 Å². The van der Waals surface area contributed by atoms with Crippen LogP contribution in [0.2, 0.25) is 0 Å². The Bertz CT molecular complexity index is 384. The number of rotatable bonds is 6. The highest BCUT2D eigenvalue weighted by Gasteiger charge is 2.22. The Hall–Kier alpha value is -1.22. The zero-order valence-electron chi connectivity index (χ0n) is 10.2. The van der Waals surface area contributed by atoms with Crippen LogP contribution in [-0.4, -0.2) is 30.8 Å². The number of carbonyl (C=O) groups excluding carboxylic acids is 1. The van der Waals surface area contributed by atoms with E-state index < -0.39 is 0 Å². The fraction of sp³-hybridized carbons (Fsp3) is 0.500. The van der Waals surface area contributed by atoms with Gasteiger partial charge < -0.3 is 4.90 Å². The molecule has 1 aliphatic rings. The van der Waals surface area contributed by atoms with E-state index in [4.69, 9.17) is 0 Å². The molecule has 1 aromatic rings. The third-order valence-electron chi connectivity index (χ3n) is 3.15. The molecule has 0 unspecified atom stereocenters. The molecule has 0 bridgehead atoms. The van der Waals surface area contributed by atoms with Crippen LogP contribution in [0.25, 0.3) is 0 Å². The summed E-state index contributed by atoms with van der Waals surface area (Å²) in [5, 5.41) is 0. The maximum atomic E-state index is 12.7. The van der Waals surface area contributed by atoms with Crippen LogP contribution in [0.3, 0.4) is 0 Å². The molecule has 0 heterocycles. The number of hydrogen-bond donors (Lipinski definition) is 0. The zero-order valence-corrected chi connectivity index (χ0v) is 10.2. The number of benzene rings is 1. The van der Waals surface area contributed by atoms with Crippen molar-refractivity contribution in [3.63, 3.8) is 0 Å². The lowest BCUT2D eigenvalue weighted by atomic mass is 10.1. The van der Waals surface area contributed by atoms with Crippen LogP contribution in [0.5, 0.6) is 0 Å². The molecule has 1 aliphatic carbocycles. The van der Waals surface area contributed by atoms with Gasteiger partial charge in [-0.2, -0.15) is 0 Å². The Balaban J connectivity index is 1.77. The molecule has 1 saturated carbocycles. The van der Waals surface area contributed by atoms with Gasteiger partial charge in [-0.15, -0.1) is 0 Å². The largest absolute Gasteiger partial charge is 0.306 e. The quantitative estimate of drug-likeness (QED) is 0.707. The van der Waals surface area contributed by atoms with Crippen LogP contribution >= 0.6 is 0 Å². The van der Waals surface area contributed by atoms with Gasteiger partial charge in [0.1, 0.15) is 5.82 Å². The summed E-state index contributed by atoms with van der Waals surface area (Å²) in [5.41, 5.74) is 0.603. The minimum absolute atomic E-state index is 0.0904. The topological polar surface area (TPSA) is 20.3 Å². The lowest BCUT2D eigenvalue weighted by molar-refractivity contribution is 0.0968. The van der Waals surface area contributed by atoms with Crippen molar-refractivity contribution in [2.45, 2.75) is 19.3 Å². The molecule has 0 aromatic heterocycles. The van der Waals surface area contributed by atoms with Gasteiger partial charge in [0.05, 0.1) is 0 Å². The lowest BCUT2D eigenvalue weighted by Crippen LogP contribution is -2.24. The van der Waals surface area contributed by atoms with Crippen molar-refractivity contribution in [2.75, 3.05) is 20.1 Å². The Kier molecular flexibility index (Phi) is 3.89. The molecule has 2 rings (SSSR count). The van der Waals surface area contributed by atoms with Crippen LogP contribution in [0.4, 0.5) is 4.39 Å². The zero-order chi connectivity index (χ0) is 12.3. The molecule has 0 atom stereocenters. The Morgan fingerprint density at radius 3 is 2.59 bits per heavy atom. The van der Waals surface area contributed by atoms with E-state index in [0.29, 0.717) is 12.0 Å². The van der Waals surface area contributed by atoms with Gasteiger partial charge in [0.25, 0.3) is 0 Å². The second-order valence-electron chi connectivity index (χ2n) is 4.89. The number of ketones is 1. The minimum atomic E-state index is -0.299. The summed E-state index contributed by atoms with van der Waals surface area (Å²) in [7, 11) is 2.05. The molecule has 0 spiro atoms. The Labute approximate surface area is 101 Å². The predicted octanol–water partition coefficient (Wildman–Crippen LogP) is 2.74. The first-order valence-electron chi connectivity index (χ1n) is 6.12. The molecule has 1 fully saturated rings. The fourth-order valence-electron chi connectivity index (χ4n) is 1.91. The molecular formula is C14H18FNO. The molecule has 0 aliphatic heterocycles. The first kappa shape index (κ1) is 12.2. The van der Waals surface area contributed by atoms with Gasteiger partial charge in [-0.05, 0) is 50.1 Å². The van der Waals surface area contributed by atoms with Crippen molar-refractivity contribution >= 4 is 5.78 Å².